The molecule has 0 aliphatic carbocycles. The van der Waals surface area contributed by atoms with Gasteiger partial charge >= 0.3 is 0 Å². The number of aliphatic hydroxyl groups is 2. The van der Waals surface area contributed by atoms with Crippen LogP contribution >= 0.6 is 0 Å². The Morgan fingerprint density at radius 3 is 2.36 bits per heavy atom. The molecule has 0 radical (unpaired) electrons. The molecule has 0 heterocycles. The Balaban J connectivity index is 4.17. The van der Waals surface area contributed by atoms with Crippen LogP contribution in [0.15, 0.2) is 0 Å². The van der Waals surface area contributed by atoms with Crippen molar-refractivity contribution in [3.8, 4) is 0 Å². The lowest BCUT2D eigenvalue weighted by molar-refractivity contribution is -0.573. The summed E-state index contributed by atoms with van der Waals surface area (Å²) in [7, 11) is 0. The van der Waals surface area contributed by atoms with E-state index in [-0.39, 0.29) is 13.0 Å². The van der Waals surface area contributed by atoms with E-state index in [0.717, 1.165) is 0 Å². The third-order valence-electron chi connectivity index (χ3n) is 1.69. The number of nitro groups is 1. The minimum Gasteiger partial charge on any atom is -0.396 e. The van der Waals surface area contributed by atoms with Crippen LogP contribution in [0.25, 0.3) is 0 Å². The van der Waals surface area contributed by atoms with Crippen molar-refractivity contribution in [2.45, 2.75) is 31.9 Å². The van der Waals surface area contributed by atoms with Gasteiger partial charge in [0.25, 0.3) is 0 Å². The highest BCUT2D eigenvalue weighted by molar-refractivity contribution is 4.76. The summed E-state index contributed by atoms with van der Waals surface area (Å²) in [5.41, 5.74) is -1.37. The molecule has 0 rings (SSSR count). The average Bonchev–Trinajstić information content (AvgIpc) is 1.88. The van der Waals surface area contributed by atoms with Crippen LogP contribution in [0, 0.1) is 10.1 Å². The number of hydrogen-bond acceptors (Lipinski definition) is 4. The molecule has 1 unspecified atom stereocenters. The predicted molar refractivity (Wildman–Crippen MR) is 38.8 cm³/mol. The first-order valence-corrected chi connectivity index (χ1v) is 3.36. The monoisotopic (exact) mass is 163 g/mol. The molecule has 0 aromatic rings. The third-order valence-corrected chi connectivity index (χ3v) is 1.69. The number of hydrogen-bond donors (Lipinski definition) is 2. The summed E-state index contributed by atoms with van der Waals surface area (Å²) in [6.07, 6.45) is -1.06. The summed E-state index contributed by atoms with van der Waals surface area (Å²) in [6, 6.07) is 0. The molecule has 66 valence electrons. The molecule has 2 N–H and O–H groups in total. The van der Waals surface area contributed by atoms with Crippen LogP contribution in [0.3, 0.4) is 0 Å². The molecule has 0 saturated carbocycles. The van der Waals surface area contributed by atoms with E-state index < -0.39 is 16.6 Å². The third kappa shape index (κ3) is 2.44. The smallest absolute Gasteiger partial charge is 0.242 e. The molecule has 0 saturated heterocycles. The Hall–Kier alpha value is -0.680. The first kappa shape index (κ1) is 10.3. The van der Waals surface area contributed by atoms with E-state index in [1.165, 1.54) is 13.8 Å². The Morgan fingerprint density at radius 1 is 1.64 bits per heavy atom. The summed E-state index contributed by atoms with van der Waals surface area (Å²) in [5.74, 6) is 0. The van der Waals surface area contributed by atoms with Crippen LogP contribution < -0.4 is 0 Å². The van der Waals surface area contributed by atoms with Gasteiger partial charge in [-0.15, -0.1) is 0 Å². The Morgan fingerprint density at radius 2 is 2.09 bits per heavy atom. The van der Waals surface area contributed by atoms with Gasteiger partial charge in [0.1, 0.15) is 6.10 Å². The van der Waals surface area contributed by atoms with Crippen LogP contribution in [0.4, 0.5) is 0 Å². The maximum absolute atomic E-state index is 10.3. The lowest BCUT2D eigenvalue weighted by atomic mass is 9.96. The Labute approximate surface area is 64.8 Å². The van der Waals surface area contributed by atoms with Gasteiger partial charge in [0.05, 0.1) is 0 Å². The zero-order chi connectivity index (χ0) is 9.07. The molecule has 1 atom stereocenters. The van der Waals surface area contributed by atoms with E-state index in [0.29, 0.717) is 0 Å². The molecule has 0 fully saturated rings. The largest absolute Gasteiger partial charge is 0.396 e. The van der Waals surface area contributed by atoms with Crippen molar-refractivity contribution in [3.63, 3.8) is 0 Å². The Bertz CT molecular complexity index is 146. The fraction of sp³-hybridized carbons (Fsp3) is 1.00. The van der Waals surface area contributed by atoms with Crippen LogP contribution in [0.2, 0.25) is 0 Å². The fourth-order valence-corrected chi connectivity index (χ4v) is 0.597. The number of rotatable bonds is 4. The fourth-order valence-electron chi connectivity index (χ4n) is 0.597. The van der Waals surface area contributed by atoms with Crippen molar-refractivity contribution in [3.05, 3.63) is 10.1 Å². The van der Waals surface area contributed by atoms with E-state index >= 15 is 0 Å². The minimum absolute atomic E-state index is 0.0357. The van der Waals surface area contributed by atoms with E-state index in [2.05, 4.69) is 0 Å². The number of aliphatic hydroxyl groups excluding tert-OH is 2. The molecule has 5 nitrogen and oxygen atoms in total. The van der Waals surface area contributed by atoms with Crippen molar-refractivity contribution in [2.75, 3.05) is 6.61 Å². The quantitative estimate of drug-likeness (QED) is 0.443. The Kier molecular flexibility index (Phi) is 3.41. The molecule has 11 heavy (non-hydrogen) atoms. The van der Waals surface area contributed by atoms with Gasteiger partial charge in [-0.2, -0.15) is 0 Å². The summed E-state index contributed by atoms with van der Waals surface area (Å²) in [5, 5.41) is 27.8. The maximum atomic E-state index is 10.3. The highest BCUT2D eigenvalue weighted by Gasteiger charge is 2.39. The standard InChI is InChI=1S/C6H13NO4/c1-6(2,7(10)11)5(9)3-4-8/h5,8-9H,3-4H2,1-2H3. The van der Waals surface area contributed by atoms with Gasteiger partial charge in [0, 0.05) is 31.8 Å². The molecule has 0 spiro atoms. The molecular weight excluding hydrogens is 150 g/mol. The number of nitrogens with zero attached hydrogens (tertiary/aromatic N) is 1. The zero-order valence-corrected chi connectivity index (χ0v) is 6.65. The molecule has 0 aliphatic heterocycles. The van der Waals surface area contributed by atoms with Crippen LogP contribution in [0.1, 0.15) is 20.3 Å². The van der Waals surface area contributed by atoms with Gasteiger partial charge in [-0.25, -0.2) is 0 Å². The van der Waals surface area contributed by atoms with Crippen molar-refractivity contribution < 1.29 is 15.1 Å². The minimum atomic E-state index is -1.37. The van der Waals surface area contributed by atoms with Crippen LogP contribution in [-0.2, 0) is 0 Å². The molecule has 0 aromatic heterocycles. The van der Waals surface area contributed by atoms with Crippen LogP contribution in [-0.4, -0.2) is 33.4 Å². The maximum Gasteiger partial charge on any atom is 0.242 e. The highest BCUT2D eigenvalue weighted by atomic mass is 16.6. The molecule has 0 bridgehead atoms. The van der Waals surface area contributed by atoms with Crippen molar-refractivity contribution in [1.29, 1.82) is 0 Å². The zero-order valence-electron chi connectivity index (χ0n) is 6.65. The van der Waals surface area contributed by atoms with Gasteiger partial charge < -0.3 is 10.2 Å². The van der Waals surface area contributed by atoms with E-state index in [1.54, 1.807) is 0 Å². The summed E-state index contributed by atoms with van der Waals surface area (Å²) in [4.78, 5) is 9.75. The summed E-state index contributed by atoms with van der Waals surface area (Å²) >= 11 is 0. The lowest BCUT2D eigenvalue weighted by Crippen LogP contribution is -2.44. The summed E-state index contributed by atoms with van der Waals surface area (Å²) < 4.78 is 0. The van der Waals surface area contributed by atoms with Gasteiger partial charge in [0.15, 0.2) is 0 Å². The molecule has 5 heteroatoms. The molecule has 0 amide bonds. The normalized spacial score (nSPS) is 14.5. The molecule has 0 aromatic carbocycles. The van der Waals surface area contributed by atoms with Crippen molar-refractivity contribution >= 4 is 0 Å². The van der Waals surface area contributed by atoms with Crippen LogP contribution in [0.5, 0.6) is 0 Å². The topological polar surface area (TPSA) is 83.6 Å². The van der Waals surface area contributed by atoms with E-state index in [1.807, 2.05) is 0 Å². The van der Waals surface area contributed by atoms with Crippen molar-refractivity contribution in [1.82, 2.24) is 0 Å². The average molecular weight is 163 g/mol. The lowest BCUT2D eigenvalue weighted by Gasteiger charge is -2.20. The second-order valence-electron chi connectivity index (χ2n) is 2.94. The summed E-state index contributed by atoms with van der Waals surface area (Å²) in [6.45, 7) is 2.42. The molecular formula is C6H13NO4. The van der Waals surface area contributed by atoms with Gasteiger partial charge in [0.2, 0.25) is 5.54 Å². The van der Waals surface area contributed by atoms with Gasteiger partial charge in [-0.3, -0.25) is 10.1 Å². The second kappa shape index (κ2) is 3.64. The van der Waals surface area contributed by atoms with E-state index in [9.17, 15) is 10.1 Å². The SMILES string of the molecule is CC(C)(C(O)CCO)[N+](=O)[O-]. The highest BCUT2D eigenvalue weighted by Crippen LogP contribution is 2.15. The first-order valence-electron chi connectivity index (χ1n) is 3.36. The second-order valence-corrected chi connectivity index (χ2v) is 2.94. The van der Waals surface area contributed by atoms with Gasteiger partial charge in [-0.1, -0.05) is 0 Å². The van der Waals surface area contributed by atoms with Crippen molar-refractivity contribution in [2.24, 2.45) is 0 Å². The first-order chi connectivity index (χ1) is 4.92. The van der Waals surface area contributed by atoms with E-state index in [4.69, 9.17) is 10.2 Å². The van der Waals surface area contributed by atoms with Gasteiger partial charge in [-0.05, 0) is 0 Å². The molecule has 0 aliphatic rings. The predicted octanol–water partition coefficient (Wildman–Crippen LogP) is -0.215.